The van der Waals surface area contributed by atoms with Crippen molar-refractivity contribution in [3.8, 4) is 11.8 Å². The molecule has 0 aliphatic carbocycles. The first-order valence-corrected chi connectivity index (χ1v) is 11.4. The first-order chi connectivity index (χ1) is 16.4. The van der Waals surface area contributed by atoms with Crippen LogP contribution < -0.4 is 4.90 Å². The van der Waals surface area contributed by atoms with Gasteiger partial charge in [-0.3, -0.25) is 9.78 Å². The Labute approximate surface area is 196 Å². The van der Waals surface area contributed by atoms with E-state index in [4.69, 9.17) is 0 Å². The van der Waals surface area contributed by atoms with Gasteiger partial charge in [0.05, 0.1) is 35.1 Å². The third kappa shape index (κ3) is 4.12. The lowest BCUT2D eigenvalue weighted by molar-refractivity contribution is -0.0220. The van der Waals surface area contributed by atoms with Gasteiger partial charge >= 0.3 is 0 Å². The first kappa shape index (κ1) is 22.0. The number of halogens is 2. The summed E-state index contributed by atoms with van der Waals surface area (Å²) in [5.41, 5.74) is 5.00. The molecule has 0 saturated carbocycles. The van der Waals surface area contributed by atoms with Crippen molar-refractivity contribution in [3.05, 3.63) is 70.8 Å². The highest BCUT2D eigenvalue weighted by atomic mass is 19.3. The maximum Gasteiger partial charge on any atom is 0.256 e. The number of hydrogen-bond acceptors (Lipinski definition) is 5. The number of piperidine rings is 1. The van der Waals surface area contributed by atoms with Crippen LogP contribution in [0, 0.1) is 11.3 Å². The molecule has 0 N–H and O–H groups in total. The number of hydrogen-bond donors (Lipinski definition) is 0. The molecule has 0 bridgehead atoms. The Kier molecular flexibility index (Phi) is 5.52. The zero-order valence-electron chi connectivity index (χ0n) is 18.8. The molecular weight excluding hydrogens is 438 g/mol. The molecule has 3 aromatic rings. The van der Waals surface area contributed by atoms with E-state index in [1.54, 1.807) is 29.3 Å². The van der Waals surface area contributed by atoms with Gasteiger partial charge in [0.25, 0.3) is 11.8 Å². The standard InChI is InChI=1S/C25H24F2N6O/c1-2-19-12-20(5-8-29-19)33-15-18-14-32(16-22(18)30-33)24(34)21-11-17(13-28)3-4-23(21)31-9-6-25(26,27)7-10-31/h3-5,8,11-12,15H,2,6-7,9-10,14,16H2,1H3. The number of anilines is 1. The Morgan fingerprint density at radius 2 is 1.97 bits per heavy atom. The zero-order chi connectivity index (χ0) is 23.9. The van der Waals surface area contributed by atoms with Gasteiger partial charge in [-0.1, -0.05) is 6.92 Å². The van der Waals surface area contributed by atoms with E-state index in [1.165, 1.54) is 0 Å². The van der Waals surface area contributed by atoms with Crippen LogP contribution in [0.2, 0.25) is 0 Å². The highest BCUT2D eigenvalue weighted by Crippen LogP contribution is 2.34. The summed E-state index contributed by atoms with van der Waals surface area (Å²) in [6.45, 7) is 3.12. The van der Waals surface area contributed by atoms with Gasteiger partial charge in [0.2, 0.25) is 0 Å². The van der Waals surface area contributed by atoms with Crippen LogP contribution in [0.1, 0.15) is 52.6 Å². The summed E-state index contributed by atoms with van der Waals surface area (Å²) in [5.74, 6) is -2.91. The number of nitrogens with zero attached hydrogens (tertiary/aromatic N) is 6. The van der Waals surface area contributed by atoms with E-state index in [1.807, 2.05) is 34.8 Å². The molecule has 0 radical (unpaired) electrons. The molecule has 0 atom stereocenters. The number of fused-ring (bicyclic) bond motifs is 1. The molecule has 7 nitrogen and oxygen atoms in total. The van der Waals surface area contributed by atoms with Crippen LogP contribution in [-0.2, 0) is 19.5 Å². The Bertz CT molecular complexity index is 1260. The molecule has 4 heterocycles. The predicted molar refractivity (Wildman–Crippen MR) is 122 cm³/mol. The third-order valence-electron chi connectivity index (χ3n) is 6.48. The van der Waals surface area contributed by atoms with Crippen LogP contribution in [-0.4, -0.2) is 44.6 Å². The minimum Gasteiger partial charge on any atom is -0.370 e. The minimum absolute atomic E-state index is 0.164. The highest BCUT2D eigenvalue weighted by Gasteiger charge is 2.36. The summed E-state index contributed by atoms with van der Waals surface area (Å²) < 4.78 is 29.2. The molecule has 34 heavy (non-hydrogen) atoms. The quantitative estimate of drug-likeness (QED) is 0.584. The second-order valence-corrected chi connectivity index (χ2v) is 8.75. The van der Waals surface area contributed by atoms with Crippen LogP contribution in [0.3, 0.4) is 0 Å². The molecule has 1 amide bonds. The van der Waals surface area contributed by atoms with Gasteiger partial charge < -0.3 is 9.80 Å². The molecule has 2 aliphatic rings. The van der Waals surface area contributed by atoms with E-state index in [0.29, 0.717) is 29.9 Å². The second kappa shape index (κ2) is 8.52. The van der Waals surface area contributed by atoms with Crippen LogP contribution in [0.25, 0.3) is 5.69 Å². The van der Waals surface area contributed by atoms with Gasteiger partial charge in [0, 0.05) is 61.8 Å². The van der Waals surface area contributed by atoms with E-state index < -0.39 is 5.92 Å². The minimum atomic E-state index is -2.68. The summed E-state index contributed by atoms with van der Waals surface area (Å²) >= 11 is 0. The van der Waals surface area contributed by atoms with Crippen LogP contribution in [0.4, 0.5) is 14.5 Å². The van der Waals surface area contributed by atoms with Gasteiger partial charge in [-0.05, 0) is 36.8 Å². The number of carbonyl (C=O) groups excluding carboxylic acids is 1. The van der Waals surface area contributed by atoms with E-state index in [-0.39, 0.29) is 31.8 Å². The number of aromatic nitrogens is 3. The fourth-order valence-corrected chi connectivity index (χ4v) is 4.53. The number of nitriles is 1. The molecule has 0 spiro atoms. The normalized spacial score (nSPS) is 16.9. The van der Waals surface area contributed by atoms with Gasteiger partial charge in [-0.25, -0.2) is 13.5 Å². The maximum absolute atomic E-state index is 13.7. The lowest BCUT2D eigenvalue weighted by Crippen LogP contribution is -2.40. The topological polar surface area (TPSA) is 78.0 Å². The number of alkyl halides is 2. The van der Waals surface area contributed by atoms with Crippen LogP contribution >= 0.6 is 0 Å². The van der Waals surface area contributed by atoms with E-state index in [0.717, 1.165) is 29.1 Å². The van der Waals surface area contributed by atoms with Gasteiger partial charge in [0.15, 0.2) is 0 Å². The fraction of sp³-hybridized carbons (Fsp3) is 0.360. The molecule has 1 fully saturated rings. The lowest BCUT2D eigenvalue weighted by atomic mass is 10.0. The number of pyridine rings is 1. The summed E-state index contributed by atoms with van der Waals surface area (Å²) in [6, 6.07) is 10.8. The molecule has 0 unspecified atom stereocenters. The molecule has 1 saturated heterocycles. The second-order valence-electron chi connectivity index (χ2n) is 8.75. The van der Waals surface area contributed by atoms with Crippen LogP contribution in [0.5, 0.6) is 0 Å². The van der Waals surface area contributed by atoms with Crippen molar-refractivity contribution in [2.75, 3.05) is 18.0 Å². The summed E-state index contributed by atoms with van der Waals surface area (Å²) in [4.78, 5) is 21.3. The molecule has 2 aromatic heterocycles. The monoisotopic (exact) mass is 462 g/mol. The van der Waals surface area contributed by atoms with Gasteiger partial charge in [-0.15, -0.1) is 0 Å². The fourth-order valence-electron chi connectivity index (χ4n) is 4.53. The third-order valence-corrected chi connectivity index (χ3v) is 6.48. The average molecular weight is 463 g/mol. The van der Waals surface area contributed by atoms with Crippen LogP contribution in [0.15, 0.2) is 42.7 Å². The van der Waals surface area contributed by atoms with Crippen molar-refractivity contribution in [2.24, 2.45) is 0 Å². The van der Waals surface area contributed by atoms with Crippen molar-refractivity contribution in [2.45, 2.75) is 45.2 Å². The Hall–Kier alpha value is -3.80. The van der Waals surface area contributed by atoms with Crippen molar-refractivity contribution in [3.63, 3.8) is 0 Å². The molecular formula is C25H24F2N6O. The van der Waals surface area contributed by atoms with Crippen molar-refractivity contribution >= 4 is 11.6 Å². The summed E-state index contributed by atoms with van der Waals surface area (Å²) in [5, 5.41) is 14.0. The van der Waals surface area contributed by atoms with Crippen molar-refractivity contribution in [1.82, 2.24) is 19.7 Å². The average Bonchev–Trinajstić information content (AvgIpc) is 3.43. The summed E-state index contributed by atoms with van der Waals surface area (Å²) in [7, 11) is 0. The number of rotatable bonds is 4. The predicted octanol–water partition coefficient (Wildman–Crippen LogP) is 4.09. The van der Waals surface area contributed by atoms with Crippen molar-refractivity contribution in [1.29, 1.82) is 5.26 Å². The molecule has 174 valence electrons. The Morgan fingerprint density at radius 1 is 1.18 bits per heavy atom. The Balaban J connectivity index is 1.38. The number of aryl methyl sites for hydroxylation is 1. The number of amides is 1. The molecule has 5 rings (SSSR count). The Morgan fingerprint density at radius 3 is 2.68 bits per heavy atom. The number of benzene rings is 1. The number of carbonyl (C=O) groups is 1. The van der Waals surface area contributed by atoms with E-state index >= 15 is 0 Å². The SMILES string of the molecule is CCc1cc(-n2cc3c(n2)CN(C(=O)c2cc(C#N)ccc2N2CCC(F)(F)CC2)C3)ccn1. The lowest BCUT2D eigenvalue weighted by Gasteiger charge is -2.34. The van der Waals surface area contributed by atoms with Gasteiger partial charge in [-0.2, -0.15) is 10.4 Å². The largest absolute Gasteiger partial charge is 0.370 e. The zero-order valence-corrected chi connectivity index (χ0v) is 18.8. The molecule has 1 aromatic carbocycles. The van der Waals surface area contributed by atoms with Gasteiger partial charge in [0.1, 0.15) is 0 Å². The van der Waals surface area contributed by atoms with E-state index in [9.17, 15) is 18.8 Å². The molecule has 2 aliphatic heterocycles. The highest BCUT2D eigenvalue weighted by molar-refractivity contribution is 6.00. The first-order valence-electron chi connectivity index (χ1n) is 11.4. The van der Waals surface area contributed by atoms with Crippen molar-refractivity contribution < 1.29 is 13.6 Å². The molecule has 9 heteroatoms. The maximum atomic E-state index is 13.7. The summed E-state index contributed by atoms with van der Waals surface area (Å²) in [6.07, 6.45) is 4.01. The smallest absolute Gasteiger partial charge is 0.256 e. The van der Waals surface area contributed by atoms with E-state index in [2.05, 4.69) is 16.2 Å².